The fourth-order valence-corrected chi connectivity index (χ4v) is 3.62. The van der Waals surface area contributed by atoms with Crippen LogP contribution in [0.3, 0.4) is 0 Å². The molecule has 1 aromatic rings. The summed E-state index contributed by atoms with van der Waals surface area (Å²) in [5.74, 6) is 2.28. The summed E-state index contributed by atoms with van der Waals surface area (Å²) in [5, 5.41) is 8.40. The summed E-state index contributed by atoms with van der Waals surface area (Å²) in [6.45, 7) is 9.34. The van der Waals surface area contributed by atoms with E-state index < -0.39 is 0 Å². The van der Waals surface area contributed by atoms with E-state index in [1.54, 1.807) is 0 Å². The minimum absolute atomic E-state index is 0. The molecule has 0 radical (unpaired) electrons. The Labute approximate surface area is 155 Å². The Hall–Kier alpha value is -0.440. The maximum Gasteiger partial charge on any atom is 0.193 e. The largest absolute Gasteiger partial charge is 0.357 e. The van der Waals surface area contributed by atoms with E-state index in [0.717, 1.165) is 50.4 Å². The number of aliphatic imine (C=N–C) groups is 1. The van der Waals surface area contributed by atoms with Crippen LogP contribution in [-0.4, -0.2) is 57.8 Å². The lowest BCUT2D eigenvalue weighted by atomic mass is 10.3. The predicted molar refractivity (Wildman–Crippen MR) is 106 cm³/mol. The predicted octanol–water partition coefficient (Wildman–Crippen LogP) is 2.68. The van der Waals surface area contributed by atoms with Gasteiger partial charge in [-0.15, -0.1) is 24.0 Å². The second kappa shape index (κ2) is 11.2. The second-order valence-electron chi connectivity index (χ2n) is 5.21. The first-order valence-corrected chi connectivity index (χ1v) is 9.00. The summed E-state index contributed by atoms with van der Waals surface area (Å²) in [7, 11) is 0. The van der Waals surface area contributed by atoms with E-state index in [9.17, 15) is 0 Å². The number of hydrogen-bond donors (Lipinski definition) is 1. The first-order valence-electron chi connectivity index (χ1n) is 7.95. The second-order valence-corrected chi connectivity index (χ2v) is 6.61. The third-order valence-corrected chi connectivity index (χ3v) is 4.97. The Morgan fingerprint density at radius 2 is 2.32 bits per heavy atom. The van der Waals surface area contributed by atoms with Crippen molar-refractivity contribution < 1.29 is 0 Å². The van der Waals surface area contributed by atoms with E-state index in [2.05, 4.69) is 40.9 Å². The Bertz CT molecular complexity index is 424. The smallest absolute Gasteiger partial charge is 0.193 e. The Morgan fingerprint density at radius 3 is 3.00 bits per heavy atom. The van der Waals surface area contributed by atoms with Gasteiger partial charge < -0.3 is 10.2 Å². The average molecular weight is 437 g/mol. The van der Waals surface area contributed by atoms with Crippen LogP contribution in [0.1, 0.15) is 26.7 Å². The number of nitrogens with one attached hydrogen (secondary N) is 1. The molecular formula is C15H28IN5S. The highest BCUT2D eigenvalue weighted by Crippen LogP contribution is 2.21. The molecule has 22 heavy (non-hydrogen) atoms. The maximum absolute atomic E-state index is 4.79. The summed E-state index contributed by atoms with van der Waals surface area (Å²) >= 11 is 2.09. The van der Waals surface area contributed by atoms with Crippen molar-refractivity contribution in [3.63, 3.8) is 0 Å². The third-order valence-electron chi connectivity index (χ3n) is 3.59. The number of halogens is 1. The van der Waals surface area contributed by atoms with Crippen molar-refractivity contribution in [1.29, 1.82) is 0 Å². The van der Waals surface area contributed by atoms with E-state index in [4.69, 9.17) is 4.99 Å². The fourth-order valence-electron chi connectivity index (χ4n) is 2.43. The van der Waals surface area contributed by atoms with Crippen LogP contribution < -0.4 is 5.32 Å². The van der Waals surface area contributed by atoms with Crippen LogP contribution in [0.5, 0.6) is 0 Å². The molecule has 2 rings (SSSR count). The van der Waals surface area contributed by atoms with Crippen LogP contribution in [0.4, 0.5) is 0 Å². The summed E-state index contributed by atoms with van der Waals surface area (Å²) in [6.07, 6.45) is 6.09. The van der Waals surface area contributed by atoms with Gasteiger partial charge in [0, 0.05) is 56.1 Å². The Morgan fingerprint density at radius 1 is 1.45 bits per heavy atom. The van der Waals surface area contributed by atoms with Gasteiger partial charge in [0.2, 0.25) is 0 Å². The molecule has 2 heterocycles. The molecule has 0 spiro atoms. The Kier molecular flexibility index (Phi) is 9.94. The summed E-state index contributed by atoms with van der Waals surface area (Å²) in [5.41, 5.74) is 0. The zero-order valence-electron chi connectivity index (χ0n) is 13.6. The van der Waals surface area contributed by atoms with Gasteiger partial charge in [0.1, 0.15) is 0 Å². The number of hydrogen-bond acceptors (Lipinski definition) is 3. The molecule has 0 saturated carbocycles. The number of rotatable bonds is 6. The molecule has 0 amide bonds. The van der Waals surface area contributed by atoms with Gasteiger partial charge in [-0.2, -0.15) is 16.9 Å². The minimum atomic E-state index is 0. The number of aryl methyl sites for hydroxylation is 1. The average Bonchev–Trinajstić information content (AvgIpc) is 3.04. The molecular weight excluding hydrogens is 409 g/mol. The molecule has 1 atom stereocenters. The van der Waals surface area contributed by atoms with Gasteiger partial charge >= 0.3 is 0 Å². The lowest BCUT2D eigenvalue weighted by Crippen LogP contribution is -2.48. The molecule has 0 aromatic carbocycles. The minimum Gasteiger partial charge on any atom is -0.357 e. The lowest BCUT2D eigenvalue weighted by molar-refractivity contribution is 0.407. The van der Waals surface area contributed by atoms with E-state index >= 15 is 0 Å². The van der Waals surface area contributed by atoms with Crippen LogP contribution in [0.2, 0.25) is 0 Å². The zero-order valence-corrected chi connectivity index (χ0v) is 16.7. The van der Waals surface area contributed by atoms with E-state index in [-0.39, 0.29) is 24.0 Å². The molecule has 1 aromatic heterocycles. The molecule has 1 fully saturated rings. The molecule has 126 valence electrons. The van der Waals surface area contributed by atoms with Gasteiger partial charge in [0.15, 0.2) is 5.96 Å². The highest BCUT2D eigenvalue weighted by molar-refractivity contribution is 14.0. The van der Waals surface area contributed by atoms with Crippen molar-refractivity contribution in [3.05, 3.63) is 18.5 Å². The molecule has 1 N–H and O–H groups in total. The van der Waals surface area contributed by atoms with Crippen molar-refractivity contribution in [1.82, 2.24) is 20.0 Å². The van der Waals surface area contributed by atoms with Crippen LogP contribution in [0.25, 0.3) is 0 Å². The summed E-state index contributed by atoms with van der Waals surface area (Å²) in [4.78, 5) is 7.21. The molecule has 1 saturated heterocycles. The van der Waals surface area contributed by atoms with Crippen molar-refractivity contribution >= 4 is 41.7 Å². The Balaban J connectivity index is 0.00000242. The SMILES string of the molecule is CCNC(=NCCCn1cccn1)N1CCSC(CC)C1.I. The topological polar surface area (TPSA) is 45.5 Å². The number of aromatic nitrogens is 2. The van der Waals surface area contributed by atoms with Crippen LogP contribution >= 0.6 is 35.7 Å². The van der Waals surface area contributed by atoms with E-state index in [1.807, 2.05) is 23.1 Å². The fraction of sp³-hybridized carbons (Fsp3) is 0.733. The van der Waals surface area contributed by atoms with Crippen LogP contribution in [-0.2, 0) is 6.54 Å². The number of guanidine groups is 1. The van der Waals surface area contributed by atoms with Crippen LogP contribution in [0.15, 0.2) is 23.5 Å². The molecule has 7 heteroatoms. The van der Waals surface area contributed by atoms with Crippen molar-refractivity contribution in [2.45, 2.75) is 38.5 Å². The normalized spacial score (nSPS) is 18.9. The van der Waals surface area contributed by atoms with Gasteiger partial charge in [0.05, 0.1) is 0 Å². The standard InChI is InChI=1S/C15H27N5S.HI/c1-3-14-13-19(11-12-21-14)15(16-4-2)17-7-5-9-20-10-6-8-18-20;/h6,8,10,14H,3-5,7,9,11-13H2,1-2H3,(H,16,17);1H. The first-order chi connectivity index (χ1) is 10.3. The van der Waals surface area contributed by atoms with Gasteiger partial charge in [-0.05, 0) is 25.8 Å². The highest BCUT2D eigenvalue weighted by atomic mass is 127. The van der Waals surface area contributed by atoms with Gasteiger partial charge in [-0.3, -0.25) is 9.67 Å². The third kappa shape index (κ3) is 6.36. The molecule has 1 aliphatic rings. The lowest BCUT2D eigenvalue weighted by Gasteiger charge is -2.34. The number of thioether (sulfide) groups is 1. The van der Waals surface area contributed by atoms with Gasteiger partial charge in [0.25, 0.3) is 0 Å². The monoisotopic (exact) mass is 437 g/mol. The zero-order chi connectivity index (χ0) is 14.9. The summed E-state index contributed by atoms with van der Waals surface area (Å²) < 4.78 is 1.97. The van der Waals surface area contributed by atoms with Gasteiger partial charge in [-0.1, -0.05) is 6.92 Å². The van der Waals surface area contributed by atoms with E-state index in [0.29, 0.717) is 0 Å². The van der Waals surface area contributed by atoms with Crippen molar-refractivity contribution in [2.24, 2.45) is 4.99 Å². The maximum atomic E-state index is 4.79. The molecule has 0 aliphatic carbocycles. The van der Waals surface area contributed by atoms with Crippen molar-refractivity contribution in [2.75, 3.05) is 31.9 Å². The van der Waals surface area contributed by atoms with Crippen molar-refractivity contribution in [3.8, 4) is 0 Å². The van der Waals surface area contributed by atoms with Crippen LogP contribution in [0, 0.1) is 0 Å². The molecule has 1 unspecified atom stereocenters. The van der Waals surface area contributed by atoms with Gasteiger partial charge in [-0.25, -0.2) is 0 Å². The number of nitrogens with zero attached hydrogens (tertiary/aromatic N) is 4. The molecule has 1 aliphatic heterocycles. The summed E-state index contributed by atoms with van der Waals surface area (Å²) in [6, 6.07) is 1.96. The quantitative estimate of drug-likeness (QED) is 0.322. The van der Waals surface area contributed by atoms with E-state index in [1.165, 1.54) is 12.2 Å². The first kappa shape index (κ1) is 19.6. The molecule has 0 bridgehead atoms. The molecule has 5 nitrogen and oxygen atoms in total. The highest BCUT2D eigenvalue weighted by Gasteiger charge is 2.21.